The van der Waals surface area contributed by atoms with Gasteiger partial charge < -0.3 is 19.9 Å². The van der Waals surface area contributed by atoms with Crippen LogP contribution >= 0.6 is 0 Å². The Balaban J connectivity index is 4.74. The molecule has 2 amide bonds. The average molecular weight is 315 g/mol. The fourth-order valence-electron chi connectivity index (χ4n) is 2.59. The van der Waals surface area contributed by atoms with Gasteiger partial charge in [-0.2, -0.15) is 0 Å². The maximum absolute atomic E-state index is 12.4. The SMILES string of the molecule is CCC(C)C(C(CC)OC)N(C)C(=O)CNC(=O)CN(C)C. The first kappa shape index (κ1) is 20.9. The number of hydrogen-bond acceptors (Lipinski definition) is 4. The predicted octanol–water partition coefficient (Wildman–Crippen LogP) is 0.962. The molecule has 0 aromatic heterocycles. The molecule has 3 unspecified atom stereocenters. The number of rotatable bonds is 10. The van der Waals surface area contributed by atoms with Gasteiger partial charge in [0, 0.05) is 14.2 Å². The zero-order chi connectivity index (χ0) is 17.3. The van der Waals surface area contributed by atoms with E-state index in [4.69, 9.17) is 4.74 Å². The van der Waals surface area contributed by atoms with Crippen LogP contribution < -0.4 is 5.32 Å². The Hall–Kier alpha value is -1.14. The molecule has 0 aliphatic heterocycles. The molecule has 0 spiro atoms. The monoisotopic (exact) mass is 315 g/mol. The second-order valence-corrected chi connectivity index (χ2v) is 6.08. The van der Waals surface area contributed by atoms with Crippen molar-refractivity contribution in [2.45, 2.75) is 45.8 Å². The first-order valence-corrected chi connectivity index (χ1v) is 7.98. The number of likely N-dealkylation sites (N-methyl/N-ethyl adjacent to an activating group) is 2. The maximum Gasteiger partial charge on any atom is 0.242 e. The predicted molar refractivity (Wildman–Crippen MR) is 88.7 cm³/mol. The van der Waals surface area contributed by atoms with Crippen LogP contribution in [0.5, 0.6) is 0 Å². The van der Waals surface area contributed by atoms with E-state index in [9.17, 15) is 9.59 Å². The number of amides is 2. The molecule has 0 fully saturated rings. The molecular weight excluding hydrogens is 282 g/mol. The Morgan fingerprint density at radius 1 is 1.14 bits per heavy atom. The van der Waals surface area contributed by atoms with Crippen LogP contribution in [0.2, 0.25) is 0 Å². The van der Waals surface area contributed by atoms with E-state index in [0.717, 1.165) is 12.8 Å². The molecular formula is C16H33N3O3. The molecule has 0 heterocycles. The van der Waals surface area contributed by atoms with Crippen molar-refractivity contribution >= 4 is 11.8 Å². The van der Waals surface area contributed by atoms with E-state index in [0.29, 0.717) is 5.92 Å². The lowest BCUT2D eigenvalue weighted by Crippen LogP contribution is -2.52. The standard InChI is InChI=1S/C16H33N3O3/c1-8-12(3)16(13(9-2)22-7)19(6)15(21)10-17-14(20)11-18(4)5/h12-13,16H,8-11H2,1-7H3,(H,17,20). The summed E-state index contributed by atoms with van der Waals surface area (Å²) in [6.07, 6.45) is 1.81. The number of methoxy groups -OCH3 is 1. The van der Waals surface area contributed by atoms with Gasteiger partial charge in [-0.15, -0.1) is 0 Å². The van der Waals surface area contributed by atoms with Crippen LogP contribution in [0.15, 0.2) is 0 Å². The minimum atomic E-state index is -0.148. The van der Waals surface area contributed by atoms with Gasteiger partial charge in [0.1, 0.15) is 0 Å². The molecule has 6 nitrogen and oxygen atoms in total. The summed E-state index contributed by atoms with van der Waals surface area (Å²) in [6, 6.07) is 0.0123. The summed E-state index contributed by atoms with van der Waals surface area (Å²) in [5.41, 5.74) is 0. The van der Waals surface area contributed by atoms with Gasteiger partial charge in [0.2, 0.25) is 11.8 Å². The van der Waals surface area contributed by atoms with Crippen molar-refractivity contribution in [3.8, 4) is 0 Å². The third kappa shape index (κ3) is 6.75. The summed E-state index contributed by atoms with van der Waals surface area (Å²) in [6.45, 7) is 6.59. The molecule has 0 saturated heterocycles. The van der Waals surface area contributed by atoms with Crippen molar-refractivity contribution in [1.82, 2.24) is 15.1 Å². The van der Waals surface area contributed by atoms with E-state index in [2.05, 4.69) is 26.1 Å². The van der Waals surface area contributed by atoms with Crippen LogP contribution in [-0.4, -0.2) is 75.1 Å². The number of carbonyl (C=O) groups excluding carboxylic acids is 2. The van der Waals surface area contributed by atoms with Crippen LogP contribution in [0, 0.1) is 5.92 Å². The van der Waals surface area contributed by atoms with Crippen molar-refractivity contribution in [3.63, 3.8) is 0 Å². The van der Waals surface area contributed by atoms with Gasteiger partial charge in [0.15, 0.2) is 0 Å². The van der Waals surface area contributed by atoms with Gasteiger partial charge >= 0.3 is 0 Å². The summed E-state index contributed by atoms with van der Waals surface area (Å²) in [4.78, 5) is 27.5. The minimum Gasteiger partial charge on any atom is -0.379 e. The largest absolute Gasteiger partial charge is 0.379 e. The summed E-state index contributed by atoms with van der Waals surface area (Å²) in [7, 11) is 7.10. The highest BCUT2D eigenvalue weighted by molar-refractivity contribution is 5.85. The lowest BCUT2D eigenvalue weighted by molar-refractivity contribution is -0.137. The number of ether oxygens (including phenoxy) is 1. The van der Waals surface area contributed by atoms with Crippen molar-refractivity contribution < 1.29 is 14.3 Å². The van der Waals surface area contributed by atoms with E-state index in [1.165, 1.54) is 0 Å². The molecule has 1 N–H and O–H groups in total. The first-order valence-electron chi connectivity index (χ1n) is 7.98. The quantitative estimate of drug-likeness (QED) is 0.652. The van der Waals surface area contributed by atoms with Crippen molar-refractivity contribution in [2.24, 2.45) is 5.92 Å². The Bertz CT molecular complexity index is 344. The molecule has 6 heteroatoms. The van der Waals surface area contributed by atoms with E-state index >= 15 is 0 Å². The van der Waals surface area contributed by atoms with E-state index < -0.39 is 0 Å². The van der Waals surface area contributed by atoms with Crippen LogP contribution in [0.1, 0.15) is 33.6 Å². The Morgan fingerprint density at radius 2 is 1.73 bits per heavy atom. The highest BCUT2D eigenvalue weighted by Gasteiger charge is 2.31. The number of carbonyl (C=O) groups is 2. The van der Waals surface area contributed by atoms with Gasteiger partial charge in [-0.05, 0) is 26.4 Å². The molecule has 0 bridgehead atoms. The van der Waals surface area contributed by atoms with Crippen LogP contribution in [-0.2, 0) is 14.3 Å². The molecule has 0 aliphatic carbocycles. The van der Waals surface area contributed by atoms with Crippen molar-refractivity contribution in [1.29, 1.82) is 0 Å². The molecule has 0 radical (unpaired) electrons. The molecule has 0 saturated carbocycles. The Kier molecular flexibility index (Phi) is 10.0. The van der Waals surface area contributed by atoms with Gasteiger partial charge in [-0.3, -0.25) is 9.59 Å². The molecule has 0 aromatic carbocycles. The molecule has 0 rings (SSSR count). The van der Waals surface area contributed by atoms with Gasteiger partial charge in [-0.1, -0.05) is 27.2 Å². The number of hydrogen-bond donors (Lipinski definition) is 1. The molecule has 0 aromatic rings. The number of nitrogens with one attached hydrogen (secondary N) is 1. The second kappa shape index (κ2) is 10.6. The summed E-state index contributed by atoms with van der Waals surface area (Å²) >= 11 is 0. The van der Waals surface area contributed by atoms with Gasteiger partial charge in [0.05, 0.1) is 25.2 Å². The average Bonchev–Trinajstić information content (AvgIpc) is 2.47. The topological polar surface area (TPSA) is 61.9 Å². The third-order valence-electron chi connectivity index (χ3n) is 4.05. The zero-order valence-corrected chi connectivity index (χ0v) is 15.2. The fraction of sp³-hybridized carbons (Fsp3) is 0.875. The molecule has 3 atom stereocenters. The zero-order valence-electron chi connectivity index (χ0n) is 15.2. The van der Waals surface area contributed by atoms with E-state index in [1.54, 1.807) is 24.0 Å². The normalized spacial score (nSPS) is 15.3. The lowest BCUT2D eigenvalue weighted by atomic mass is 9.91. The summed E-state index contributed by atoms with van der Waals surface area (Å²) < 4.78 is 5.55. The maximum atomic E-state index is 12.4. The smallest absolute Gasteiger partial charge is 0.242 e. The second-order valence-electron chi connectivity index (χ2n) is 6.08. The third-order valence-corrected chi connectivity index (χ3v) is 4.05. The highest BCUT2D eigenvalue weighted by atomic mass is 16.5. The van der Waals surface area contributed by atoms with E-state index in [-0.39, 0.29) is 37.0 Å². The van der Waals surface area contributed by atoms with Crippen molar-refractivity contribution in [2.75, 3.05) is 41.3 Å². The highest BCUT2D eigenvalue weighted by Crippen LogP contribution is 2.21. The fourth-order valence-corrected chi connectivity index (χ4v) is 2.59. The van der Waals surface area contributed by atoms with Gasteiger partial charge in [0.25, 0.3) is 0 Å². The summed E-state index contributed by atoms with van der Waals surface area (Å²) in [5.74, 6) is 0.0925. The lowest BCUT2D eigenvalue weighted by Gasteiger charge is -2.37. The van der Waals surface area contributed by atoms with Gasteiger partial charge in [-0.25, -0.2) is 0 Å². The molecule has 0 aliphatic rings. The van der Waals surface area contributed by atoms with Crippen molar-refractivity contribution in [3.05, 3.63) is 0 Å². The first-order chi connectivity index (χ1) is 10.3. The number of nitrogens with zero attached hydrogens (tertiary/aromatic N) is 2. The Morgan fingerprint density at radius 3 is 2.14 bits per heavy atom. The van der Waals surface area contributed by atoms with E-state index in [1.807, 2.05) is 14.1 Å². The molecule has 130 valence electrons. The summed E-state index contributed by atoms with van der Waals surface area (Å²) in [5, 5.41) is 2.67. The Labute approximate surface area is 135 Å². The molecule has 22 heavy (non-hydrogen) atoms. The van der Waals surface area contributed by atoms with Crippen LogP contribution in [0.3, 0.4) is 0 Å². The minimum absolute atomic E-state index is 0.00127. The van der Waals surface area contributed by atoms with Crippen LogP contribution in [0.4, 0.5) is 0 Å². The van der Waals surface area contributed by atoms with Crippen LogP contribution in [0.25, 0.3) is 0 Å².